The zero-order chi connectivity index (χ0) is 18.3. The van der Waals surface area contributed by atoms with Gasteiger partial charge in [-0.15, -0.1) is 11.8 Å². The topological polar surface area (TPSA) is 72.7 Å². The average Bonchev–Trinajstić information content (AvgIpc) is 2.83. The lowest BCUT2D eigenvalue weighted by molar-refractivity contribution is -0.113. The molecule has 1 aliphatic rings. The number of anilines is 1. The molecule has 3 aromatic rings. The van der Waals surface area contributed by atoms with Crippen molar-refractivity contribution >= 4 is 46.7 Å². The van der Waals surface area contributed by atoms with Crippen LogP contribution in [0.15, 0.2) is 36.7 Å². The van der Waals surface area contributed by atoms with Crippen LogP contribution in [-0.4, -0.2) is 31.4 Å². The second-order valence-corrected chi connectivity index (χ2v) is 7.65. The minimum atomic E-state index is -0.161. The summed E-state index contributed by atoms with van der Waals surface area (Å²) in [4.78, 5) is 20.8. The summed E-state index contributed by atoms with van der Waals surface area (Å²) in [6.45, 7) is 1.90. The van der Waals surface area contributed by atoms with Gasteiger partial charge in [0.2, 0.25) is 5.91 Å². The molecule has 0 bridgehead atoms. The Balaban J connectivity index is 1.91. The number of aryl methyl sites for hydroxylation is 1. The maximum atomic E-state index is 12.3. The van der Waals surface area contributed by atoms with Crippen LogP contribution in [0, 0.1) is 6.92 Å². The van der Waals surface area contributed by atoms with E-state index in [1.807, 2.05) is 13.0 Å². The van der Waals surface area contributed by atoms with Crippen molar-refractivity contribution in [1.82, 2.24) is 19.7 Å². The van der Waals surface area contributed by atoms with Crippen molar-refractivity contribution in [2.45, 2.75) is 12.2 Å². The molecule has 132 valence electrons. The quantitative estimate of drug-likeness (QED) is 0.695. The molecule has 0 radical (unpaired) electrons. The van der Waals surface area contributed by atoms with E-state index in [0.29, 0.717) is 27.6 Å². The Morgan fingerprint density at radius 3 is 2.77 bits per heavy atom. The Hall–Kier alpha value is -2.09. The largest absolute Gasteiger partial charge is 0.309 e. The van der Waals surface area contributed by atoms with Gasteiger partial charge >= 0.3 is 0 Å². The second kappa shape index (κ2) is 6.90. The number of amides is 1. The van der Waals surface area contributed by atoms with Gasteiger partial charge in [-0.1, -0.05) is 29.3 Å². The van der Waals surface area contributed by atoms with E-state index in [4.69, 9.17) is 23.2 Å². The van der Waals surface area contributed by atoms with Gasteiger partial charge in [0, 0.05) is 28.0 Å². The summed E-state index contributed by atoms with van der Waals surface area (Å²) in [7, 11) is 0. The highest BCUT2D eigenvalue weighted by Crippen LogP contribution is 2.45. The first-order chi connectivity index (χ1) is 12.5. The van der Waals surface area contributed by atoms with Crippen molar-refractivity contribution in [3.05, 3.63) is 63.5 Å². The molecule has 0 saturated carbocycles. The zero-order valence-electron chi connectivity index (χ0n) is 13.6. The lowest BCUT2D eigenvalue weighted by Gasteiger charge is -2.17. The molecule has 9 heteroatoms. The molecule has 1 aliphatic heterocycles. The molecule has 6 nitrogen and oxygen atoms in total. The Morgan fingerprint density at radius 1 is 1.27 bits per heavy atom. The number of nitrogens with one attached hydrogen (secondary N) is 1. The number of thioether (sulfide) groups is 1. The fourth-order valence-corrected chi connectivity index (χ4v) is 4.70. The third-order valence-electron chi connectivity index (χ3n) is 3.99. The molecule has 1 atom stereocenters. The van der Waals surface area contributed by atoms with Gasteiger partial charge in [-0.3, -0.25) is 4.79 Å². The minimum absolute atomic E-state index is 0.110. The first-order valence-electron chi connectivity index (χ1n) is 7.78. The first kappa shape index (κ1) is 17.3. The maximum absolute atomic E-state index is 12.3. The molecule has 4 rings (SSSR count). The number of nitrogens with zero attached hydrogens (tertiary/aromatic N) is 4. The van der Waals surface area contributed by atoms with E-state index in [1.54, 1.807) is 35.3 Å². The summed E-state index contributed by atoms with van der Waals surface area (Å²) in [6.07, 6.45) is 3.26. The molecule has 0 saturated heterocycles. The van der Waals surface area contributed by atoms with Gasteiger partial charge < -0.3 is 5.32 Å². The number of hydrogen-bond acceptors (Lipinski definition) is 5. The van der Waals surface area contributed by atoms with E-state index < -0.39 is 0 Å². The van der Waals surface area contributed by atoms with E-state index in [2.05, 4.69) is 20.4 Å². The fraction of sp³-hybridized carbons (Fsp3) is 0.176. The Labute approximate surface area is 163 Å². The number of carbonyl (C=O) groups is 1. The van der Waals surface area contributed by atoms with Gasteiger partial charge in [-0.05, 0) is 30.7 Å². The van der Waals surface area contributed by atoms with Crippen LogP contribution in [0.1, 0.15) is 22.1 Å². The molecule has 1 unspecified atom stereocenters. The standard InChI is InChI=1S/C17H13Cl2N5OS/c1-9-14-15(11-4-3-10(18)7-12(11)19)26-8-13(25)22-16(14)24(23-9)17-20-5-2-6-21-17/h2-7,15H,8H2,1H3,(H,22,25). The number of carbonyl (C=O) groups excluding carboxylic acids is 1. The molecular weight excluding hydrogens is 393 g/mol. The second-order valence-electron chi connectivity index (χ2n) is 5.71. The molecule has 1 aromatic carbocycles. The van der Waals surface area contributed by atoms with Gasteiger partial charge in [0.15, 0.2) is 0 Å². The van der Waals surface area contributed by atoms with Crippen LogP contribution in [0.25, 0.3) is 5.95 Å². The number of benzene rings is 1. The van der Waals surface area contributed by atoms with Crippen LogP contribution in [0.3, 0.4) is 0 Å². The van der Waals surface area contributed by atoms with Crippen LogP contribution in [0.5, 0.6) is 0 Å². The summed E-state index contributed by atoms with van der Waals surface area (Å²) < 4.78 is 1.56. The summed E-state index contributed by atoms with van der Waals surface area (Å²) in [5.74, 6) is 1.15. The van der Waals surface area contributed by atoms with Crippen molar-refractivity contribution < 1.29 is 4.79 Å². The van der Waals surface area contributed by atoms with Crippen molar-refractivity contribution in [1.29, 1.82) is 0 Å². The van der Waals surface area contributed by atoms with Crippen LogP contribution < -0.4 is 5.32 Å². The number of halogens is 2. The van der Waals surface area contributed by atoms with E-state index in [9.17, 15) is 4.79 Å². The monoisotopic (exact) mass is 405 g/mol. The van der Waals surface area contributed by atoms with Gasteiger partial charge in [0.05, 0.1) is 16.7 Å². The Morgan fingerprint density at radius 2 is 2.04 bits per heavy atom. The summed E-state index contributed by atoms with van der Waals surface area (Å²) in [5.41, 5.74) is 2.55. The van der Waals surface area contributed by atoms with Crippen molar-refractivity contribution in [2.75, 3.05) is 11.1 Å². The SMILES string of the molecule is Cc1nn(-c2ncccn2)c2c1C(c1ccc(Cl)cc1Cl)SCC(=O)N2. The van der Waals surface area contributed by atoms with E-state index in [0.717, 1.165) is 16.8 Å². The number of hydrogen-bond donors (Lipinski definition) is 1. The normalized spacial score (nSPS) is 16.7. The summed E-state index contributed by atoms with van der Waals surface area (Å²) in [5, 5.41) is 8.45. The molecular formula is C17H13Cl2N5OS. The third-order valence-corrected chi connectivity index (χ3v) is 5.81. The predicted molar refractivity (Wildman–Crippen MR) is 103 cm³/mol. The third kappa shape index (κ3) is 3.06. The van der Waals surface area contributed by atoms with Crippen LogP contribution in [0.2, 0.25) is 10.0 Å². The van der Waals surface area contributed by atoms with Crippen molar-refractivity contribution in [3.63, 3.8) is 0 Å². The first-order valence-corrected chi connectivity index (χ1v) is 9.58. The van der Waals surface area contributed by atoms with Gasteiger partial charge in [0.25, 0.3) is 5.95 Å². The molecule has 1 amide bonds. The predicted octanol–water partition coefficient (Wildman–Crippen LogP) is 4.05. The molecule has 0 aliphatic carbocycles. The van der Waals surface area contributed by atoms with Crippen molar-refractivity contribution in [3.8, 4) is 5.95 Å². The fourth-order valence-electron chi connectivity index (χ4n) is 2.89. The van der Waals surface area contributed by atoms with Crippen LogP contribution in [0.4, 0.5) is 5.82 Å². The molecule has 2 aromatic heterocycles. The van der Waals surface area contributed by atoms with E-state index in [-0.39, 0.29) is 11.2 Å². The highest BCUT2D eigenvalue weighted by atomic mass is 35.5. The highest BCUT2D eigenvalue weighted by molar-refractivity contribution is 8.00. The zero-order valence-corrected chi connectivity index (χ0v) is 15.9. The number of fused-ring (bicyclic) bond motifs is 1. The maximum Gasteiger partial charge on any atom is 0.252 e. The summed E-state index contributed by atoms with van der Waals surface area (Å²) >= 11 is 14.0. The van der Waals surface area contributed by atoms with Crippen LogP contribution >= 0.6 is 35.0 Å². The minimum Gasteiger partial charge on any atom is -0.309 e. The number of rotatable bonds is 2. The van der Waals surface area contributed by atoms with Crippen LogP contribution in [-0.2, 0) is 4.79 Å². The average molecular weight is 406 g/mol. The highest BCUT2D eigenvalue weighted by Gasteiger charge is 2.32. The summed E-state index contributed by atoms with van der Waals surface area (Å²) in [6, 6.07) is 7.11. The van der Waals surface area contributed by atoms with Gasteiger partial charge in [0.1, 0.15) is 5.82 Å². The Kier molecular flexibility index (Phi) is 4.60. The Bertz CT molecular complexity index is 992. The molecule has 26 heavy (non-hydrogen) atoms. The van der Waals surface area contributed by atoms with E-state index in [1.165, 1.54) is 11.8 Å². The smallest absolute Gasteiger partial charge is 0.252 e. The molecule has 3 heterocycles. The molecule has 0 spiro atoms. The molecule has 1 N–H and O–H groups in total. The number of aromatic nitrogens is 4. The van der Waals surface area contributed by atoms with E-state index >= 15 is 0 Å². The van der Waals surface area contributed by atoms with Gasteiger partial charge in [-0.25, -0.2) is 9.97 Å². The lowest BCUT2D eigenvalue weighted by atomic mass is 10.0. The molecule has 0 fully saturated rings. The lowest BCUT2D eigenvalue weighted by Crippen LogP contribution is -2.16. The van der Waals surface area contributed by atoms with Crippen molar-refractivity contribution in [2.24, 2.45) is 0 Å². The van der Waals surface area contributed by atoms with Gasteiger partial charge in [-0.2, -0.15) is 9.78 Å².